The van der Waals surface area contributed by atoms with E-state index in [1.54, 1.807) is 11.3 Å². The normalized spacial score (nSPS) is 21.3. The minimum atomic E-state index is 0. The van der Waals surface area contributed by atoms with Crippen LogP contribution in [-0.4, -0.2) is 36.5 Å². The lowest BCUT2D eigenvalue weighted by molar-refractivity contribution is -0.122. The molecule has 1 amide bonds. The second-order valence-corrected chi connectivity index (χ2v) is 5.57. The first-order valence-corrected chi connectivity index (χ1v) is 6.84. The number of amides is 1. The summed E-state index contributed by atoms with van der Waals surface area (Å²) in [4.78, 5) is 15.1. The molecule has 18 heavy (non-hydrogen) atoms. The van der Waals surface area contributed by atoms with E-state index in [9.17, 15) is 4.79 Å². The zero-order valence-electron chi connectivity index (χ0n) is 10.5. The molecule has 6 heteroatoms. The van der Waals surface area contributed by atoms with E-state index in [2.05, 4.69) is 10.2 Å². The van der Waals surface area contributed by atoms with Crippen molar-refractivity contribution in [3.63, 3.8) is 0 Å². The van der Waals surface area contributed by atoms with Gasteiger partial charge in [-0.1, -0.05) is 6.07 Å². The highest BCUT2D eigenvalue weighted by molar-refractivity contribution is 7.10. The van der Waals surface area contributed by atoms with E-state index in [0.717, 1.165) is 19.5 Å². The Morgan fingerprint density at radius 3 is 3.06 bits per heavy atom. The summed E-state index contributed by atoms with van der Waals surface area (Å²) >= 11 is 1.67. The van der Waals surface area contributed by atoms with Gasteiger partial charge in [0.25, 0.3) is 0 Å². The fraction of sp³-hybridized carbons (Fsp3) is 0.583. The number of nitrogens with two attached hydrogens (primary N) is 1. The molecule has 1 aromatic heterocycles. The highest BCUT2D eigenvalue weighted by Gasteiger charge is 2.21. The van der Waals surface area contributed by atoms with Crippen LogP contribution in [0.25, 0.3) is 0 Å². The second-order valence-electron chi connectivity index (χ2n) is 4.59. The van der Waals surface area contributed by atoms with E-state index in [4.69, 9.17) is 5.73 Å². The van der Waals surface area contributed by atoms with Gasteiger partial charge in [-0.05, 0) is 24.8 Å². The molecule has 2 heterocycles. The topological polar surface area (TPSA) is 58.4 Å². The maximum absolute atomic E-state index is 11.8. The fourth-order valence-electron chi connectivity index (χ4n) is 2.11. The van der Waals surface area contributed by atoms with Crippen LogP contribution in [0.15, 0.2) is 17.5 Å². The Kier molecular flexibility index (Phi) is 6.08. The number of nitrogens with one attached hydrogen (secondary N) is 1. The molecular weight excluding hydrogens is 270 g/mol. The summed E-state index contributed by atoms with van der Waals surface area (Å²) in [6, 6.07) is 4.38. The number of hydrogen-bond acceptors (Lipinski definition) is 4. The SMILES string of the molecule is CC(NC(=O)CN1CC[C@H](N)C1)c1cccs1.Cl. The summed E-state index contributed by atoms with van der Waals surface area (Å²) in [6.45, 7) is 4.24. The first-order valence-electron chi connectivity index (χ1n) is 5.96. The van der Waals surface area contributed by atoms with Gasteiger partial charge in [-0.2, -0.15) is 0 Å². The van der Waals surface area contributed by atoms with E-state index in [-0.39, 0.29) is 30.4 Å². The van der Waals surface area contributed by atoms with Crippen molar-refractivity contribution in [2.75, 3.05) is 19.6 Å². The number of rotatable bonds is 4. The molecule has 0 radical (unpaired) electrons. The van der Waals surface area contributed by atoms with Crippen molar-refractivity contribution < 1.29 is 4.79 Å². The molecule has 0 bridgehead atoms. The van der Waals surface area contributed by atoms with Crippen molar-refractivity contribution in [2.45, 2.75) is 25.4 Å². The number of thiophene rings is 1. The minimum Gasteiger partial charge on any atom is -0.348 e. The van der Waals surface area contributed by atoms with Crippen molar-refractivity contribution >= 4 is 29.7 Å². The van der Waals surface area contributed by atoms with Gasteiger partial charge in [0.05, 0.1) is 12.6 Å². The number of carbonyl (C=O) groups is 1. The molecule has 4 nitrogen and oxygen atoms in total. The predicted octanol–water partition coefficient (Wildman–Crippen LogP) is 1.38. The molecule has 1 fully saturated rings. The highest BCUT2D eigenvalue weighted by Crippen LogP contribution is 2.18. The Hall–Kier alpha value is -0.620. The lowest BCUT2D eigenvalue weighted by atomic mass is 10.2. The van der Waals surface area contributed by atoms with Gasteiger partial charge in [0, 0.05) is 24.0 Å². The summed E-state index contributed by atoms with van der Waals surface area (Å²) in [6.07, 6.45) is 0.994. The van der Waals surface area contributed by atoms with Crippen LogP contribution in [0.4, 0.5) is 0 Å². The Bertz CT molecular complexity index is 371. The maximum atomic E-state index is 11.8. The first-order chi connectivity index (χ1) is 8.15. The minimum absolute atomic E-state index is 0. The van der Waals surface area contributed by atoms with Gasteiger partial charge in [-0.25, -0.2) is 0 Å². The third kappa shape index (κ3) is 4.24. The molecule has 1 aromatic rings. The molecule has 1 unspecified atom stereocenters. The van der Waals surface area contributed by atoms with Crippen LogP contribution in [-0.2, 0) is 4.79 Å². The molecule has 3 N–H and O–H groups in total. The molecule has 0 aliphatic carbocycles. The lowest BCUT2D eigenvalue weighted by Gasteiger charge is -2.17. The van der Waals surface area contributed by atoms with E-state index in [1.807, 2.05) is 24.4 Å². The average Bonchev–Trinajstić information content (AvgIpc) is 2.89. The molecule has 1 saturated heterocycles. The Morgan fingerprint density at radius 2 is 2.50 bits per heavy atom. The number of nitrogens with zero attached hydrogens (tertiary/aromatic N) is 1. The van der Waals surface area contributed by atoms with Crippen LogP contribution in [0.2, 0.25) is 0 Å². The molecule has 102 valence electrons. The summed E-state index contributed by atoms with van der Waals surface area (Å²) in [7, 11) is 0. The molecule has 0 saturated carbocycles. The summed E-state index contributed by atoms with van der Waals surface area (Å²) in [5.41, 5.74) is 5.81. The Morgan fingerprint density at radius 1 is 1.72 bits per heavy atom. The third-order valence-electron chi connectivity index (χ3n) is 3.02. The summed E-state index contributed by atoms with van der Waals surface area (Å²) in [5.74, 6) is 0.0833. The third-order valence-corrected chi connectivity index (χ3v) is 4.08. The van der Waals surface area contributed by atoms with E-state index in [1.165, 1.54) is 4.88 Å². The van der Waals surface area contributed by atoms with Crippen molar-refractivity contribution in [1.29, 1.82) is 0 Å². The van der Waals surface area contributed by atoms with Crippen molar-refractivity contribution in [3.05, 3.63) is 22.4 Å². The largest absolute Gasteiger partial charge is 0.348 e. The standard InChI is InChI=1S/C12H19N3OS.ClH/c1-9(11-3-2-6-17-11)14-12(16)8-15-5-4-10(13)7-15;/h2-3,6,9-10H,4-5,7-8,13H2,1H3,(H,14,16);1H/t9?,10-;/m0./s1. The maximum Gasteiger partial charge on any atom is 0.234 e. The van der Waals surface area contributed by atoms with Crippen molar-refractivity contribution in [3.8, 4) is 0 Å². The van der Waals surface area contributed by atoms with Crippen LogP contribution in [0.5, 0.6) is 0 Å². The lowest BCUT2D eigenvalue weighted by Crippen LogP contribution is -2.38. The average molecular weight is 290 g/mol. The van der Waals surface area contributed by atoms with Gasteiger partial charge in [-0.15, -0.1) is 23.7 Å². The number of halogens is 1. The Balaban J connectivity index is 0.00000162. The molecule has 0 aromatic carbocycles. The van der Waals surface area contributed by atoms with Gasteiger partial charge in [0.2, 0.25) is 5.91 Å². The highest BCUT2D eigenvalue weighted by atomic mass is 35.5. The zero-order chi connectivity index (χ0) is 12.3. The van der Waals surface area contributed by atoms with E-state index < -0.39 is 0 Å². The zero-order valence-corrected chi connectivity index (χ0v) is 12.1. The number of carbonyl (C=O) groups excluding carboxylic acids is 1. The van der Waals surface area contributed by atoms with E-state index >= 15 is 0 Å². The molecule has 0 spiro atoms. The van der Waals surface area contributed by atoms with Gasteiger partial charge in [-0.3, -0.25) is 9.69 Å². The first kappa shape index (κ1) is 15.4. The van der Waals surface area contributed by atoms with Crippen LogP contribution < -0.4 is 11.1 Å². The van der Waals surface area contributed by atoms with Crippen LogP contribution in [0, 0.1) is 0 Å². The monoisotopic (exact) mass is 289 g/mol. The van der Waals surface area contributed by atoms with Crippen LogP contribution in [0.1, 0.15) is 24.3 Å². The van der Waals surface area contributed by atoms with Crippen LogP contribution in [0.3, 0.4) is 0 Å². The van der Waals surface area contributed by atoms with Gasteiger partial charge in [0.1, 0.15) is 0 Å². The molecule has 2 rings (SSSR count). The number of likely N-dealkylation sites (tertiary alicyclic amines) is 1. The number of hydrogen-bond donors (Lipinski definition) is 2. The molecular formula is C12H20ClN3OS. The van der Waals surface area contributed by atoms with Gasteiger partial charge in [0.15, 0.2) is 0 Å². The van der Waals surface area contributed by atoms with Crippen molar-refractivity contribution in [1.82, 2.24) is 10.2 Å². The predicted molar refractivity (Wildman–Crippen MR) is 77.2 cm³/mol. The fourth-order valence-corrected chi connectivity index (χ4v) is 2.84. The van der Waals surface area contributed by atoms with Crippen molar-refractivity contribution in [2.24, 2.45) is 5.73 Å². The summed E-state index contributed by atoms with van der Waals surface area (Å²) in [5, 5.41) is 5.04. The smallest absolute Gasteiger partial charge is 0.234 e. The van der Waals surface area contributed by atoms with Crippen LogP contribution >= 0.6 is 23.7 Å². The Labute approximate surface area is 118 Å². The summed E-state index contributed by atoms with van der Waals surface area (Å²) < 4.78 is 0. The quantitative estimate of drug-likeness (QED) is 0.880. The molecule has 1 aliphatic heterocycles. The van der Waals surface area contributed by atoms with Gasteiger partial charge < -0.3 is 11.1 Å². The molecule has 2 atom stereocenters. The second kappa shape index (κ2) is 7.09. The molecule has 1 aliphatic rings. The van der Waals surface area contributed by atoms with Gasteiger partial charge >= 0.3 is 0 Å². The van der Waals surface area contributed by atoms with E-state index in [0.29, 0.717) is 6.54 Å².